The molecule has 2 aromatic heterocycles. The summed E-state index contributed by atoms with van der Waals surface area (Å²) >= 11 is 0. The van der Waals surface area contributed by atoms with Crippen LogP contribution in [0.5, 0.6) is 0 Å². The quantitative estimate of drug-likeness (QED) is 0.246. The first-order chi connectivity index (χ1) is 18.7. The highest BCUT2D eigenvalue weighted by molar-refractivity contribution is 5.97. The van der Waals surface area contributed by atoms with E-state index in [-0.39, 0.29) is 0 Å². The van der Waals surface area contributed by atoms with Crippen LogP contribution in [0, 0.1) is 13.8 Å². The van der Waals surface area contributed by atoms with Crippen LogP contribution in [0.4, 0.5) is 0 Å². The maximum atomic E-state index is 6.14. The van der Waals surface area contributed by atoms with E-state index in [1.165, 1.54) is 21.9 Å². The maximum absolute atomic E-state index is 6.14. The summed E-state index contributed by atoms with van der Waals surface area (Å²) in [5.74, 6) is 1.81. The van der Waals surface area contributed by atoms with E-state index in [9.17, 15) is 0 Å². The fourth-order valence-corrected chi connectivity index (χ4v) is 4.96. The zero-order chi connectivity index (χ0) is 25.6. The molecular weight excluding hydrogens is 472 g/mol. The Labute approximate surface area is 218 Å². The average Bonchev–Trinajstić information content (AvgIpc) is 3.65. The van der Waals surface area contributed by atoms with Gasteiger partial charge >= 0.3 is 0 Å². The number of benzene rings is 5. The van der Waals surface area contributed by atoms with E-state index in [0.717, 1.165) is 33.0 Å². The van der Waals surface area contributed by atoms with Crippen LogP contribution in [0.1, 0.15) is 11.1 Å². The molecule has 0 atom stereocenters. The van der Waals surface area contributed by atoms with Crippen LogP contribution in [0.15, 0.2) is 106 Å². The molecule has 0 bridgehead atoms. The topological polar surface area (TPSA) is 77.8 Å². The van der Waals surface area contributed by atoms with E-state index in [2.05, 4.69) is 70.6 Å². The van der Waals surface area contributed by atoms with Crippen LogP contribution < -0.4 is 0 Å². The molecule has 0 spiro atoms. The van der Waals surface area contributed by atoms with Gasteiger partial charge in [-0.1, -0.05) is 66.7 Å². The van der Waals surface area contributed by atoms with Gasteiger partial charge < -0.3 is 8.83 Å². The lowest BCUT2D eigenvalue weighted by atomic mass is 10.0. The first-order valence-electron chi connectivity index (χ1n) is 12.4. The highest BCUT2D eigenvalue weighted by Crippen LogP contribution is 2.34. The van der Waals surface area contributed by atoms with E-state index >= 15 is 0 Å². The Hall–Kier alpha value is -5.10. The summed E-state index contributed by atoms with van der Waals surface area (Å²) in [6, 6.07) is 32.4. The van der Waals surface area contributed by atoms with Gasteiger partial charge in [-0.2, -0.15) is 0 Å². The van der Waals surface area contributed by atoms with Crippen molar-refractivity contribution in [1.82, 2.24) is 20.4 Å². The van der Waals surface area contributed by atoms with Crippen molar-refractivity contribution in [3.63, 3.8) is 0 Å². The lowest BCUT2D eigenvalue weighted by Gasteiger charge is -2.05. The van der Waals surface area contributed by atoms with Gasteiger partial charge in [0.2, 0.25) is 23.6 Å². The maximum Gasteiger partial charge on any atom is 0.248 e. The molecule has 0 saturated heterocycles. The van der Waals surface area contributed by atoms with E-state index in [0.29, 0.717) is 23.6 Å². The summed E-state index contributed by atoms with van der Waals surface area (Å²) in [7, 11) is 0. The van der Waals surface area contributed by atoms with Gasteiger partial charge in [-0.3, -0.25) is 0 Å². The molecule has 0 aliphatic rings. The number of rotatable bonds is 4. The van der Waals surface area contributed by atoms with E-state index < -0.39 is 0 Å². The van der Waals surface area contributed by atoms with Crippen molar-refractivity contribution in [2.24, 2.45) is 0 Å². The highest BCUT2D eigenvalue weighted by Gasteiger charge is 2.17. The molecular formula is C32H22N4O2. The number of hydrogen-bond acceptors (Lipinski definition) is 6. The minimum Gasteiger partial charge on any atom is -0.416 e. The standard InChI is InChI=1S/C32H22N4O2/c1-19-14-16-27(25-12-5-3-10-23(19)25)31-35-33-29(37-31)21-8-7-9-22(18-21)30-34-36-32(38-30)28-17-15-20(2)24-11-4-6-13-26(24)28/h3-18H,1-2H3. The largest absolute Gasteiger partial charge is 0.416 e. The van der Waals surface area contributed by atoms with Crippen LogP contribution in [0.25, 0.3) is 67.4 Å². The summed E-state index contributed by atoms with van der Waals surface area (Å²) in [6.07, 6.45) is 0. The Kier molecular flexibility index (Phi) is 5.11. The van der Waals surface area contributed by atoms with E-state index in [4.69, 9.17) is 8.83 Å². The van der Waals surface area contributed by atoms with Gasteiger partial charge in [-0.05, 0) is 76.9 Å². The molecule has 6 nitrogen and oxygen atoms in total. The van der Waals surface area contributed by atoms with Crippen molar-refractivity contribution in [2.75, 3.05) is 0 Å². The van der Waals surface area contributed by atoms with Crippen molar-refractivity contribution < 1.29 is 8.83 Å². The van der Waals surface area contributed by atoms with Crippen molar-refractivity contribution in [2.45, 2.75) is 13.8 Å². The smallest absolute Gasteiger partial charge is 0.248 e. The Morgan fingerprint density at radius 3 is 1.32 bits per heavy atom. The van der Waals surface area contributed by atoms with Gasteiger partial charge in [0.1, 0.15) is 0 Å². The van der Waals surface area contributed by atoms with Crippen molar-refractivity contribution >= 4 is 21.5 Å². The molecule has 0 amide bonds. The zero-order valence-corrected chi connectivity index (χ0v) is 20.8. The van der Waals surface area contributed by atoms with Gasteiger partial charge in [0.25, 0.3) is 0 Å². The number of fused-ring (bicyclic) bond motifs is 2. The molecule has 0 unspecified atom stereocenters. The van der Waals surface area contributed by atoms with Crippen LogP contribution in [0.3, 0.4) is 0 Å². The monoisotopic (exact) mass is 494 g/mol. The Morgan fingerprint density at radius 2 is 0.842 bits per heavy atom. The minimum absolute atomic E-state index is 0.427. The third kappa shape index (κ3) is 3.66. The summed E-state index contributed by atoms with van der Waals surface area (Å²) in [6.45, 7) is 4.20. The molecule has 0 radical (unpaired) electrons. The molecule has 0 fully saturated rings. The second kappa shape index (κ2) is 8.78. The Balaban J connectivity index is 1.24. The third-order valence-corrected chi connectivity index (χ3v) is 6.95. The van der Waals surface area contributed by atoms with Crippen molar-refractivity contribution in [3.8, 4) is 45.8 Å². The Bertz CT molecular complexity index is 1830. The molecule has 0 N–H and O–H groups in total. The van der Waals surface area contributed by atoms with E-state index in [1.807, 2.05) is 60.7 Å². The molecule has 6 heteroatoms. The van der Waals surface area contributed by atoms with Gasteiger partial charge in [0.15, 0.2) is 0 Å². The summed E-state index contributed by atoms with van der Waals surface area (Å²) in [5, 5.41) is 21.9. The predicted molar refractivity (Wildman–Crippen MR) is 148 cm³/mol. The van der Waals surface area contributed by atoms with E-state index in [1.54, 1.807) is 0 Å². The number of hydrogen-bond donors (Lipinski definition) is 0. The normalized spacial score (nSPS) is 11.4. The van der Waals surface area contributed by atoms with Crippen LogP contribution in [-0.4, -0.2) is 20.4 Å². The lowest BCUT2D eigenvalue weighted by Crippen LogP contribution is -1.84. The minimum atomic E-state index is 0.427. The third-order valence-electron chi connectivity index (χ3n) is 6.95. The number of aryl methyl sites for hydroxylation is 2. The fraction of sp³-hybridized carbons (Fsp3) is 0.0625. The average molecular weight is 495 g/mol. The number of aromatic nitrogens is 4. The molecule has 182 valence electrons. The summed E-state index contributed by atoms with van der Waals surface area (Å²) < 4.78 is 12.3. The molecule has 5 aromatic carbocycles. The second-order valence-electron chi connectivity index (χ2n) is 9.36. The van der Waals surface area contributed by atoms with Crippen molar-refractivity contribution in [1.29, 1.82) is 0 Å². The first kappa shape index (κ1) is 22.1. The SMILES string of the molecule is Cc1ccc(-c2nnc(-c3cccc(-c4nnc(-c5ccc(C)c6ccccc56)o4)c3)o2)c2ccccc12. The Morgan fingerprint density at radius 1 is 0.421 bits per heavy atom. The molecule has 7 rings (SSSR count). The zero-order valence-electron chi connectivity index (χ0n) is 20.8. The first-order valence-corrected chi connectivity index (χ1v) is 12.4. The molecule has 0 aliphatic heterocycles. The van der Waals surface area contributed by atoms with Gasteiger partial charge in [0.05, 0.1) is 0 Å². The second-order valence-corrected chi connectivity index (χ2v) is 9.36. The van der Waals surface area contributed by atoms with Crippen LogP contribution >= 0.6 is 0 Å². The van der Waals surface area contributed by atoms with Gasteiger partial charge in [-0.25, -0.2) is 0 Å². The fourth-order valence-electron chi connectivity index (χ4n) is 4.96. The summed E-state index contributed by atoms with van der Waals surface area (Å²) in [4.78, 5) is 0. The van der Waals surface area contributed by atoms with Gasteiger partial charge in [-0.15, -0.1) is 20.4 Å². The molecule has 2 heterocycles. The molecule has 0 saturated carbocycles. The number of nitrogens with zero attached hydrogens (tertiary/aromatic N) is 4. The highest BCUT2D eigenvalue weighted by atomic mass is 16.4. The molecule has 38 heavy (non-hydrogen) atoms. The molecule has 0 aliphatic carbocycles. The van der Waals surface area contributed by atoms with Crippen LogP contribution in [-0.2, 0) is 0 Å². The van der Waals surface area contributed by atoms with Gasteiger partial charge in [0, 0.05) is 22.3 Å². The summed E-state index contributed by atoms with van der Waals surface area (Å²) in [5.41, 5.74) is 5.78. The molecule has 7 aromatic rings. The van der Waals surface area contributed by atoms with Crippen molar-refractivity contribution in [3.05, 3.63) is 108 Å². The lowest BCUT2D eigenvalue weighted by molar-refractivity contribution is 0.583. The predicted octanol–water partition coefficient (Wildman–Crippen LogP) is 8.04. The van der Waals surface area contributed by atoms with Crippen LogP contribution in [0.2, 0.25) is 0 Å².